The summed E-state index contributed by atoms with van der Waals surface area (Å²) in [4.78, 5) is 12.9. The minimum absolute atomic E-state index is 0.139. The Morgan fingerprint density at radius 2 is 1.75 bits per heavy atom. The number of hydrogen-bond acceptors (Lipinski definition) is 3. The van der Waals surface area contributed by atoms with Gasteiger partial charge in [-0.3, -0.25) is 4.79 Å². The normalized spacial score (nSPS) is 13.3. The number of carbonyl (C=O) groups is 1. The van der Waals surface area contributed by atoms with Gasteiger partial charge in [-0.15, -0.1) is 0 Å². The van der Waals surface area contributed by atoms with Crippen LogP contribution in [0.15, 0.2) is 78.9 Å². The summed E-state index contributed by atoms with van der Waals surface area (Å²) < 4.78 is 11.5. The van der Waals surface area contributed by atoms with Gasteiger partial charge in [-0.25, -0.2) is 0 Å². The summed E-state index contributed by atoms with van der Waals surface area (Å²) in [7, 11) is 0. The second-order valence-corrected chi connectivity index (χ2v) is 6.80. The molecule has 4 rings (SSSR count). The fraction of sp³-hybridized carbons (Fsp3) is 0.208. The highest BCUT2D eigenvalue weighted by Gasteiger charge is 2.22. The van der Waals surface area contributed by atoms with Crippen LogP contribution in [0.2, 0.25) is 0 Å². The van der Waals surface area contributed by atoms with Crippen molar-refractivity contribution in [3.63, 3.8) is 0 Å². The van der Waals surface area contributed by atoms with E-state index in [0.717, 1.165) is 30.8 Å². The fourth-order valence-electron chi connectivity index (χ4n) is 3.35. The van der Waals surface area contributed by atoms with Crippen LogP contribution in [0.4, 0.5) is 0 Å². The molecule has 0 radical (unpaired) electrons. The number of benzene rings is 3. The molecule has 1 atom stereocenters. The average molecular weight is 373 g/mol. The van der Waals surface area contributed by atoms with Crippen LogP contribution in [0, 0.1) is 0 Å². The maximum atomic E-state index is 12.9. The first kappa shape index (κ1) is 18.1. The lowest BCUT2D eigenvalue weighted by Crippen LogP contribution is -2.33. The zero-order chi connectivity index (χ0) is 19.2. The lowest BCUT2D eigenvalue weighted by Gasteiger charge is -2.19. The van der Waals surface area contributed by atoms with Crippen LogP contribution in [0.25, 0.3) is 0 Å². The van der Waals surface area contributed by atoms with Crippen LogP contribution >= 0.6 is 0 Å². The first-order chi connectivity index (χ1) is 13.8. The maximum absolute atomic E-state index is 12.9. The summed E-state index contributed by atoms with van der Waals surface area (Å²) in [5.41, 5.74) is 3.28. The Labute approximate surface area is 165 Å². The smallest absolute Gasteiger partial charge is 0.265 e. The highest BCUT2D eigenvalue weighted by Crippen LogP contribution is 2.26. The van der Waals surface area contributed by atoms with Gasteiger partial charge in [-0.1, -0.05) is 60.7 Å². The molecule has 0 aliphatic carbocycles. The Kier molecular flexibility index (Phi) is 5.57. The Bertz CT molecular complexity index is 925. The van der Waals surface area contributed by atoms with Crippen molar-refractivity contribution in [2.75, 3.05) is 13.2 Å². The van der Waals surface area contributed by atoms with Crippen molar-refractivity contribution in [3.05, 3.63) is 95.6 Å². The summed E-state index contributed by atoms with van der Waals surface area (Å²) >= 11 is 0. The lowest BCUT2D eigenvalue weighted by atomic mass is 10.1. The van der Waals surface area contributed by atoms with Gasteiger partial charge in [0.1, 0.15) is 11.5 Å². The number of carbonyl (C=O) groups excluding carboxylic acids is 1. The topological polar surface area (TPSA) is 47.6 Å². The van der Waals surface area contributed by atoms with Crippen molar-refractivity contribution >= 4 is 5.91 Å². The molecule has 1 aliphatic rings. The van der Waals surface area contributed by atoms with Gasteiger partial charge in [-0.05, 0) is 35.7 Å². The van der Waals surface area contributed by atoms with E-state index in [1.807, 2.05) is 66.7 Å². The first-order valence-corrected chi connectivity index (χ1v) is 9.58. The Morgan fingerprint density at radius 1 is 1.00 bits per heavy atom. The maximum Gasteiger partial charge on any atom is 0.265 e. The second-order valence-electron chi connectivity index (χ2n) is 6.80. The summed E-state index contributed by atoms with van der Waals surface area (Å²) in [6, 6.07) is 25.3. The molecule has 3 aromatic carbocycles. The molecule has 4 heteroatoms. The zero-order valence-electron chi connectivity index (χ0n) is 15.6. The Balaban J connectivity index is 1.40. The van der Waals surface area contributed by atoms with E-state index in [2.05, 4.69) is 17.4 Å². The summed E-state index contributed by atoms with van der Waals surface area (Å²) in [6.45, 7) is 1.31. The molecule has 4 nitrogen and oxygen atoms in total. The highest BCUT2D eigenvalue weighted by molar-refractivity contribution is 5.82. The molecule has 1 heterocycles. The molecule has 1 aliphatic heterocycles. The van der Waals surface area contributed by atoms with Crippen molar-refractivity contribution in [2.45, 2.75) is 18.9 Å². The van der Waals surface area contributed by atoms with Crippen LogP contribution in [0.1, 0.15) is 22.8 Å². The van der Waals surface area contributed by atoms with Gasteiger partial charge in [0.05, 0.1) is 6.61 Å². The standard InChI is InChI=1S/C24H23NO3/c26-24(25-15-13-18-11-12-22-20(17-18)14-16-27-22)23(19-7-3-1-4-8-19)28-21-9-5-2-6-10-21/h1-12,17,23H,13-16H2,(H,25,26). The molecule has 1 unspecified atom stereocenters. The van der Waals surface area contributed by atoms with Crippen molar-refractivity contribution < 1.29 is 14.3 Å². The minimum atomic E-state index is -0.683. The zero-order valence-corrected chi connectivity index (χ0v) is 15.6. The third-order valence-electron chi connectivity index (χ3n) is 4.80. The number of hydrogen-bond donors (Lipinski definition) is 1. The fourth-order valence-corrected chi connectivity index (χ4v) is 3.35. The van der Waals surface area contributed by atoms with Crippen molar-refractivity contribution in [2.24, 2.45) is 0 Å². The van der Waals surface area contributed by atoms with E-state index in [9.17, 15) is 4.79 Å². The molecule has 0 saturated carbocycles. The monoisotopic (exact) mass is 373 g/mol. The molecule has 0 fully saturated rings. The number of amides is 1. The van der Waals surface area contributed by atoms with Gasteiger partial charge in [0.15, 0.2) is 0 Å². The van der Waals surface area contributed by atoms with Gasteiger partial charge in [0.2, 0.25) is 6.10 Å². The second kappa shape index (κ2) is 8.61. The predicted molar refractivity (Wildman–Crippen MR) is 109 cm³/mol. The van der Waals surface area contributed by atoms with Crippen LogP contribution < -0.4 is 14.8 Å². The van der Waals surface area contributed by atoms with Crippen LogP contribution in [0.3, 0.4) is 0 Å². The number of rotatable bonds is 7. The molecule has 28 heavy (non-hydrogen) atoms. The number of ether oxygens (including phenoxy) is 2. The van der Waals surface area contributed by atoms with E-state index in [0.29, 0.717) is 12.3 Å². The van der Waals surface area contributed by atoms with E-state index in [-0.39, 0.29) is 5.91 Å². The first-order valence-electron chi connectivity index (χ1n) is 9.58. The van der Waals surface area contributed by atoms with E-state index < -0.39 is 6.10 Å². The predicted octanol–water partition coefficient (Wildman–Crippen LogP) is 4.10. The molecule has 1 N–H and O–H groups in total. The van der Waals surface area contributed by atoms with Crippen LogP contribution in [-0.4, -0.2) is 19.1 Å². The van der Waals surface area contributed by atoms with E-state index in [4.69, 9.17) is 9.47 Å². The summed E-state index contributed by atoms with van der Waals surface area (Å²) in [5.74, 6) is 1.51. The van der Waals surface area contributed by atoms with Gasteiger partial charge >= 0.3 is 0 Å². The van der Waals surface area contributed by atoms with Crippen molar-refractivity contribution in [1.29, 1.82) is 0 Å². The minimum Gasteiger partial charge on any atom is -0.493 e. The molecule has 1 amide bonds. The van der Waals surface area contributed by atoms with Gasteiger partial charge in [0, 0.05) is 18.5 Å². The van der Waals surface area contributed by atoms with Gasteiger partial charge < -0.3 is 14.8 Å². The molecule has 3 aromatic rings. The largest absolute Gasteiger partial charge is 0.493 e. The average Bonchev–Trinajstić information content (AvgIpc) is 3.21. The number of fused-ring (bicyclic) bond motifs is 1. The molecular formula is C24H23NO3. The molecule has 0 spiro atoms. The van der Waals surface area contributed by atoms with E-state index in [1.54, 1.807) is 0 Å². The summed E-state index contributed by atoms with van der Waals surface area (Å²) in [6.07, 6.45) is 1.04. The molecule has 0 aromatic heterocycles. The number of nitrogens with one attached hydrogen (secondary N) is 1. The van der Waals surface area contributed by atoms with Crippen molar-refractivity contribution in [1.82, 2.24) is 5.32 Å². The number of para-hydroxylation sites is 1. The van der Waals surface area contributed by atoms with Crippen LogP contribution in [0.5, 0.6) is 11.5 Å². The third-order valence-corrected chi connectivity index (χ3v) is 4.80. The van der Waals surface area contributed by atoms with E-state index >= 15 is 0 Å². The van der Waals surface area contributed by atoms with Crippen LogP contribution in [-0.2, 0) is 17.6 Å². The Morgan fingerprint density at radius 3 is 2.54 bits per heavy atom. The molecular weight excluding hydrogens is 350 g/mol. The van der Waals surface area contributed by atoms with Gasteiger partial charge in [0.25, 0.3) is 5.91 Å². The van der Waals surface area contributed by atoms with E-state index in [1.165, 1.54) is 11.1 Å². The third kappa shape index (κ3) is 4.34. The molecule has 142 valence electrons. The SMILES string of the molecule is O=C(NCCc1ccc2c(c1)CCO2)C(Oc1ccccc1)c1ccccc1. The quantitative estimate of drug-likeness (QED) is 0.678. The summed E-state index contributed by atoms with van der Waals surface area (Å²) in [5, 5.41) is 3.02. The molecule has 0 saturated heterocycles. The highest BCUT2D eigenvalue weighted by atomic mass is 16.5. The van der Waals surface area contributed by atoms with Crippen molar-refractivity contribution in [3.8, 4) is 11.5 Å². The lowest BCUT2D eigenvalue weighted by molar-refractivity contribution is -0.128. The van der Waals surface area contributed by atoms with Gasteiger partial charge in [-0.2, -0.15) is 0 Å². The Hall–Kier alpha value is -3.27. The molecule has 0 bridgehead atoms.